The molecule has 0 saturated heterocycles. The van der Waals surface area contributed by atoms with Crippen molar-refractivity contribution in [2.45, 2.75) is 32.5 Å². The van der Waals surface area contributed by atoms with E-state index in [1.165, 1.54) is 0 Å². The minimum atomic E-state index is -4.27. The maximum Gasteiger partial charge on any atom is 0.411 e. The maximum absolute atomic E-state index is 11.6. The molecule has 0 aromatic rings. The van der Waals surface area contributed by atoms with Crippen LogP contribution in [0.5, 0.6) is 0 Å². The van der Waals surface area contributed by atoms with Crippen LogP contribution in [0.25, 0.3) is 0 Å². The van der Waals surface area contributed by atoms with Crippen LogP contribution >= 0.6 is 0 Å². The molecule has 0 aromatic carbocycles. The van der Waals surface area contributed by atoms with Crippen molar-refractivity contribution in [1.29, 1.82) is 0 Å². The van der Waals surface area contributed by atoms with Crippen LogP contribution in [0.15, 0.2) is 4.99 Å². The lowest BCUT2D eigenvalue weighted by Gasteiger charge is -2.07. The van der Waals surface area contributed by atoms with Crippen molar-refractivity contribution in [2.24, 2.45) is 10.7 Å². The lowest BCUT2D eigenvalue weighted by atomic mass is 10.4. The molecule has 0 heterocycles. The highest BCUT2D eigenvalue weighted by Gasteiger charge is 2.27. The van der Waals surface area contributed by atoms with E-state index in [-0.39, 0.29) is 19.1 Å². The Morgan fingerprint density at radius 3 is 2.43 bits per heavy atom. The van der Waals surface area contributed by atoms with Gasteiger partial charge in [0.05, 0.1) is 12.4 Å². The van der Waals surface area contributed by atoms with E-state index in [1.807, 2.05) is 13.8 Å². The largest absolute Gasteiger partial charge is 0.411 e. The van der Waals surface area contributed by atoms with Crippen LogP contribution < -0.4 is 5.73 Å². The van der Waals surface area contributed by atoms with Gasteiger partial charge in [0, 0.05) is 12.5 Å². The number of halogens is 3. The normalized spacial score (nSPS) is 13.7. The highest BCUT2D eigenvalue weighted by Crippen LogP contribution is 2.14. The number of ether oxygens (including phenoxy) is 1. The Morgan fingerprint density at radius 1 is 1.43 bits per heavy atom. The molecule has 2 N–H and O–H groups in total. The summed E-state index contributed by atoms with van der Waals surface area (Å²) in [6.07, 6.45) is -4.04. The number of amidine groups is 1. The van der Waals surface area contributed by atoms with Crippen LogP contribution in [0.3, 0.4) is 0 Å². The SMILES string of the molecule is CC(C)N=C(N)CCOCC(F)(F)F. The van der Waals surface area contributed by atoms with Gasteiger partial charge in [0.1, 0.15) is 6.61 Å². The first-order valence-electron chi connectivity index (χ1n) is 4.28. The fraction of sp³-hybridized carbons (Fsp3) is 0.875. The first kappa shape index (κ1) is 13.2. The predicted molar refractivity (Wildman–Crippen MR) is 48.2 cm³/mol. The number of nitrogens with zero attached hydrogens (tertiary/aromatic N) is 1. The number of nitrogens with two attached hydrogens (primary N) is 1. The van der Waals surface area contributed by atoms with Crippen molar-refractivity contribution < 1.29 is 17.9 Å². The zero-order valence-electron chi connectivity index (χ0n) is 8.27. The quantitative estimate of drug-likeness (QED) is 0.428. The molecule has 0 aliphatic heterocycles. The van der Waals surface area contributed by atoms with Gasteiger partial charge in [0.25, 0.3) is 0 Å². The number of hydrogen-bond donors (Lipinski definition) is 1. The zero-order chi connectivity index (χ0) is 11.2. The molecule has 0 fully saturated rings. The molecule has 14 heavy (non-hydrogen) atoms. The summed E-state index contributed by atoms with van der Waals surface area (Å²) in [4.78, 5) is 3.94. The average molecular weight is 212 g/mol. The Morgan fingerprint density at radius 2 is 2.00 bits per heavy atom. The standard InChI is InChI=1S/C8H15F3N2O/c1-6(2)13-7(12)3-4-14-5-8(9,10)11/h6H,3-5H2,1-2H3,(H2,12,13). The fourth-order valence-electron chi connectivity index (χ4n) is 0.761. The molecule has 0 aliphatic carbocycles. The molecule has 0 radical (unpaired) electrons. The van der Waals surface area contributed by atoms with Crippen molar-refractivity contribution in [3.8, 4) is 0 Å². The summed E-state index contributed by atoms with van der Waals surface area (Å²) in [5.74, 6) is 0.321. The molecule has 0 aromatic heterocycles. The van der Waals surface area contributed by atoms with E-state index in [9.17, 15) is 13.2 Å². The van der Waals surface area contributed by atoms with Crippen molar-refractivity contribution in [1.82, 2.24) is 0 Å². The number of hydrogen-bond acceptors (Lipinski definition) is 2. The minimum absolute atomic E-state index is 0.0533. The summed E-state index contributed by atoms with van der Waals surface area (Å²) in [5.41, 5.74) is 5.41. The maximum atomic E-state index is 11.6. The molecule has 6 heteroatoms. The Balaban J connectivity index is 3.55. The second kappa shape index (κ2) is 5.85. The van der Waals surface area contributed by atoms with Gasteiger partial charge in [0.2, 0.25) is 0 Å². The van der Waals surface area contributed by atoms with Crippen molar-refractivity contribution in [3.63, 3.8) is 0 Å². The summed E-state index contributed by atoms with van der Waals surface area (Å²) >= 11 is 0. The topological polar surface area (TPSA) is 47.6 Å². The Hall–Kier alpha value is -0.780. The van der Waals surface area contributed by atoms with Gasteiger partial charge < -0.3 is 10.5 Å². The number of alkyl halides is 3. The molecule has 0 bridgehead atoms. The van der Waals surface area contributed by atoms with Gasteiger partial charge in [-0.15, -0.1) is 0 Å². The molecule has 0 saturated carbocycles. The first-order valence-corrected chi connectivity index (χ1v) is 4.28. The van der Waals surface area contributed by atoms with Crippen LogP contribution in [-0.2, 0) is 4.74 Å². The van der Waals surface area contributed by atoms with Gasteiger partial charge in [-0.05, 0) is 13.8 Å². The number of aliphatic imine (C=N–C) groups is 1. The summed E-state index contributed by atoms with van der Waals surface area (Å²) in [6.45, 7) is 2.39. The molecule has 0 rings (SSSR count). The van der Waals surface area contributed by atoms with E-state index in [0.29, 0.717) is 5.84 Å². The molecule has 84 valence electrons. The van der Waals surface area contributed by atoms with Crippen molar-refractivity contribution in [2.75, 3.05) is 13.2 Å². The Kier molecular flexibility index (Phi) is 5.52. The Labute approximate surface area is 81.1 Å². The van der Waals surface area contributed by atoms with Crippen molar-refractivity contribution in [3.05, 3.63) is 0 Å². The van der Waals surface area contributed by atoms with Gasteiger partial charge in [0.15, 0.2) is 0 Å². The zero-order valence-corrected chi connectivity index (χ0v) is 8.27. The molecule has 3 nitrogen and oxygen atoms in total. The highest BCUT2D eigenvalue weighted by atomic mass is 19.4. The molecule has 0 amide bonds. The van der Waals surface area contributed by atoms with E-state index in [4.69, 9.17) is 5.73 Å². The Bertz CT molecular complexity index is 190. The van der Waals surface area contributed by atoms with Crippen LogP contribution in [0.1, 0.15) is 20.3 Å². The van der Waals surface area contributed by atoms with Gasteiger partial charge in [-0.2, -0.15) is 13.2 Å². The van der Waals surface area contributed by atoms with Crippen LogP contribution in [0.4, 0.5) is 13.2 Å². The summed E-state index contributed by atoms with van der Waals surface area (Å²) in [5, 5.41) is 0. The van der Waals surface area contributed by atoms with E-state index >= 15 is 0 Å². The van der Waals surface area contributed by atoms with E-state index < -0.39 is 12.8 Å². The van der Waals surface area contributed by atoms with Gasteiger partial charge >= 0.3 is 6.18 Å². The van der Waals surface area contributed by atoms with Crippen LogP contribution in [-0.4, -0.2) is 31.3 Å². The van der Waals surface area contributed by atoms with Crippen LogP contribution in [0.2, 0.25) is 0 Å². The molecule has 0 aliphatic rings. The third-order valence-corrected chi connectivity index (χ3v) is 1.19. The molecular formula is C8H15F3N2O. The van der Waals surface area contributed by atoms with Gasteiger partial charge in [-0.3, -0.25) is 4.99 Å². The monoisotopic (exact) mass is 212 g/mol. The third kappa shape index (κ3) is 9.31. The minimum Gasteiger partial charge on any atom is -0.387 e. The smallest absolute Gasteiger partial charge is 0.387 e. The van der Waals surface area contributed by atoms with Crippen molar-refractivity contribution >= 4 is 5.84 Å². The molecule has 0 unspecified atom stereocenters. The van der Waals surface area contributed by atoms with Gasteiger partial charge in [-0.25, -0.2) is 0 Å². The van der Waals surface area contributed by atoms with E-state index in [0.717, 1.165) is 0 Å². The molecule has 0 atom stereocenters. The average Bonchev–Trinajstić information content (AvgIpc) is 1.95. The highest BCUT2D eigenvalue weighted by molar-refractivity contribution is 5.80. The lowest BCUT2D eigenvalue weighted by molar-refractivity contribution is -0.173. The van der Waals surface area contributed by atoms with Gasteiger partial charge in [-0.1, -0.05) is 0 Å². The van der Waals surface area contributed by atoms with E-state index in [1.54, 1.807) is 0 Å². The molecule has 0 spiro atoms. The van der Waals surface area contributed by atoms with Crippen LogP contribution in [0, 0.1) is 0 Å². The predicted octanol–water partition coefficient (Wildman–Crippen LogP) is 1.72. The fourth-order valence-corrected chi connectivity index (χ4v) is 0.761. The third-order valence-electron chi connectivity index (χ3n) is 1.19. The summed E-state index contributed by atoms with van der Waals surface area (Å²) in [6, 6.07) is 0.0533. The summed E-state index contributed by atoms with van der Waals surface area (Å²) in [7, 11) is 0. The first-order chi connectivity index (χ1) is 6.31. The lowest BCUT2D eigenvalue weighted by Crippen LogP contribution is -2.21. The number of rotatable bonds is 5. The summed E-state index contributed by atoms with van der Waals surface area (Å²) < 4.78 is 39.2. The molecular weight excluding hydrogens is 197 g/mol. The van der Waals surface area contributed by atoms with E-state index in [2.05, 4.69) is 9.73 Å². The second-order valence-electron chi connectivity index (χ2n) is 3.13. The second-order valence-corrected chi connectivity index (χ2v) is 3.13.